The molecule has 2 N–H and O–H groups in total. The predicted octanol–water partition coefficient (Wildman–Crippen LogP) is 2.31. The van der Waals surface area contributed by atoms with Crippen LogP contribution in [0.3, 0.4) is 0 Å². The van der Waals surface area contributed by atoms with Crippen LogP contribution >= 0.6 is 12.2 Å². The van der Waals surface area contributed by atoms with Gasteiger partial charge in [0, 0.05) is 18.2 Å². The molecule has 0 spiro atoms. The summed E-state index contributed by atoms with van der Waals surface area (Å²) in [5.74, 6) is 0. The summed E-state index contributed by atoms with van der Waals surface area (Å²) in [6.07, 6.45) is 2.60. The number of hydrogen-bond donors (Lipinski definition) is 1. The summed E-state index contributed by atoms with van der Waals surface area (Å²) >= 11 is 5.08. The van der Waals surface area contributed by atoms with Crippen LogP contribution in [0.25, 0.3) is 0 Å². The molecule has 0 saturated carbocycles. The van der Waals surface area contributed by atoms with E-state index in [2.05, 4.69) is 24.0 Å². The van der Waals surface area contributed by atoms with Crippen LogP contribution in [-0.2, 0) is 6.54 Å². The van der Waals surface area contributed by atoms with Crippen molar-refractivity contribution in [1.82, 2.24) is 4.90 Å². The van der Waals surface area contributed by atoms with Gasteiger partial charge in [-0.25, -0.2) is 0 Å². The normalized spacial score (nSPS) is 21.2. The Labute approximate surface area is 102 Å². The van der Waals surface area contributed by atoms with Crippen LogP contribution in [0.1, 0.15) is 30.9 Å². The van der Waals surface area contributed by atoms with Gasteiger partial charge < -0.3 is 5.73 Å². The summed E-state index contributed by atoms with van der Waals surface area (Å²) in [7, 11) is 0. The molecule has 0 aliphatic carbocycles. The first kappa shape index (κ1) is 11.6. The molecule has 0 radical (unpaired) electrons. The van der Waals surface area contributed by atoms with Crippen molar-refractivity contribution in [3.8, 4) is 0 Å². The summed E-state index contributed by atoms with van der Waals surface area (Å²) in [6.45, 7) is 4.44. The molecule has 1 unspecified atom stereocenters. The maximum Gasteiger partial charge on any atom is 0.104 e. The van der Waals surface area contributed by atoms with Gasteiger partial charge >= 0.3 is 0 Å². The Balaban J connectivity index is 2.17. The van der Waals surface area contributed by atoms with Gasteiger partial charge in [-0.3, -0.25) is 4.90 Å². The van der Waals surface area contributed by atoms with E-state index in [0.717, 1.165) is 12.1 Å². The van der Waals surface area contributed by atoms with Gasteiger partial charge in [0.15, 0.2) is 0 Å². The molecule has 1 saturated heterocycles. The molecule has 1 aliphatic heterocycles. The van der Waals surface area contributed by atoms with Crippen LogP contribution in [0.5, 0.6) is 0 Å². The lowest BCUT2D eigenvalue weighted by atomic mass is 10.1. The van der Waals surface area contributed by atoms with E-state index < -0.39 is 0 Å². The Bertz CT molecular complexity index is 389. The average molecular weight is 234 g/mol. The Morgan fingerprint density at radius 2 is 2.25 bits per heavy atom. The van der Waals surface area contributed by atoms with E-state index in [1.807, 2.05) is 12.1 Å². The van der Waals surface area contributed by atoms with Crippen LogP contribution in [0, 0.1) is 0 Å². The summed E-state index contributed by atoms with van der Waals surface area (Å²) in [5.41, 5.74) is 8.01. The van der Waals surface area contributed by atoms with Crippen molar-refractivity contribution in [2.45, 2.75) is 32.4 Å². The zero-order valence-corrected chi connectivity index (χ0v) is 10.5. The van der Waals surface area contributed by atoms with Crippen molar-refractivity contribution in [2.24, 2.45) is 5.73 Å². The molecule has 1 fully saturated rings. The van der Waals surface area contributed by atoms with Gasteiger partial charge in [-0.05, 0) is 31.9 Å². The third kappa shape index (κ3) is 2.42. The standard InChI is InChI=1S/C13H18N2S/c1-10-5-4-8-15(10)9-11-6-2-3-7-12(11)13(14)16/h2-3,6-7,10H,4-5,8-9H2,1H3,(H2,14,16). The van der Waals surface area contributed by atoms with Crippen molar-refractivity contribution in [3.63, 3.8) is 0 Å². The summed E-state index contributed by atoms with van der Waals surface area (Å²) in [6, 6.07) is 8.86. The Morgan fingerprint density at radius 3 is 2.88 bits per heavy atom. The van der Waals surface area contributed by atoms with Gasteiger partial charge in [0.05, 0.1) is 0 Å². The van der Waals surface area contributed by atoms with E-state index in [-0.39, 0.29) is 0 Å². The fourth-order valence-electron chi connectivity index (χ4n) is 2.35. The quantitative estimate of drug-likeness (QED) is 0.814. The van der Waals surface area contributed by atoms with E-state index in [9.17, 15) is 0 Å². The van der Waals surface area contributed by atoms with E-state index in [1.54, 1.807) is 0 Å². The number of benzene rings is 1. The Hall–Kier alpha value is -0.930. The van der Waals surface area contributed by atoms with Crippen LogP contribution in [0.15, 0.2) is 24.3 Å². The van der Waals surface area contributed by atoms with Crippen LogP contribution < -0.4 is 5.73 Å². The van der Waals surface area contributed by atoms with Crippen LogP contribution in [-0.4, -0.2) is 22.5 Å². The SMILES string of the molecule is CC1CCCN1Cc1ccccc1C(N)=S. The molecule has 16 heavy (non-hydrogen) atoms. The number of thiocarbonyl (C=S) groups is 1. The molecule has 1 aromatic rings. The highest BCUT2D eigenvalue weighted by Crippen LogP contribution is 2.20. The lowest BCUT2D eigenvalue weighted by Gasteiger charge is -2.22. The fraction of sp³-hybridized carbons (Fsp3) is 0.462. The van der Waals surface area contributed by atoms with E-state index in [4.69, 9.17) is 18.0 Å². The molecule has 1 heterocycles. The molecule has 0 amide bonds. The molecule has 1 aromatic carbocycles. The number of nitrogens with zero attached hydrogens (tertiary/aromatic N) is 1. The molecular weight excluding hydrogens is 216 g/mol. The highest BCUT2D eigenvalue weighted by molar-refractivity contribution is 7.80. The zero-order chi connectivity index (χ0) is 11.5. The predicted molar refractivity (Wildman–Crippen MR) is 71.4 cm³/mol. The highest BCUT2D eigenvalue weighted by Gasteiger charge is 2.20. The van der Waals surface area contributed by atoms with Gasteiger partial charge in [0.2, 0.25) is 0 Å². The second-order valence-corrected chi connectivity index (χ2v) is 4.92. The smallest absolute Gasteiger partial charge is 0.104 e. The van der Waals surface area contributed by atoms with Crippen molar-refractivity contribution in [1.29, 1.82) is 0 Å². The van der Waals surface area contributed by atoms with Crippen molar-refractivity contribution in [2.75, 3.05) is 6.54 Å². The molecule has 2 rings (SSSR count). The number of nitrogens with two attached hydrogens (primary N) is 1. The minimum Gasteiger partial charge on any atom is -0.389 e. The minimum absolute atomic E-state index is 0.502. The average Bonchev–Trinajstić information content (AvgIpc) is 2.65. The van der Waals surface area contributed by atoms with E-state index in [0.29, 0.717) is 11.0 Å². The third-order valence-corrected chi connectivity index (χ3v) is 3.57. The molecule has 0 aromatic heterocycles. The maximum absolute atomic E-state index is 5.74. The molecule has 1 aliphatic rings. The molecule has 1 atom stereocenters. The zero-order valence-electron chi connectivity index (χ0n) is 9.65. The van der Waals surface area contributed by atoms with Gasteiger partial charge in [0.25, 0.3) is 0 Å². The Kier molecular flexibility index (Phi) is 3.56. The maximum atomic E-state index is 5.74. The van der Waals surface area contributed by atoms with E-state index >= 15 is 0 Å². The number of hydrogen-bond acceptors (Lipinski definition) is 2. The molecule has 3 heteroatoms. The number of rotatable bonds is 3. The molecule has 0 bridgehead atoms. The Morgan fingerprint density at radius 1 is 1.50 bits per heavy atom. The third-order valence-electron chi connectivity index (χ3n) is 3.35. The van der Waals surface area contributed by atoms with Crippen LogP contribution in [0.4, 0.5) is 0 Å². The first-order chi connectivity index (χ1) is 7.68. The van der Waals surface area contributed by atoms with Gasteiger partial charge in [-0.2, -0.15) is 0 Å². The highest BCUT2D eigenvalue weighted by atomic mass is 32.1. The molecule has 2 nitrogen and oxygen atoms in total. The van der Waals surface area contributed by atoms with Crippen LogP contribution in [0.2, 0.25) is 0 Å². The van der Waals surface area contributed by atoms with Crippen molar-refractivity contribution >= 4 is 17.2 Å². The van der Waals surface area contributed by atoms with Crippen molar-refractivity contribution < 1.29 is 0 Å². The van der Waals surface area contributed by atoms with Gasteiger partial charge in [-0.15, -0.1) is 0 Å². The summed E-state index contributed by atoms with van der Waals surface area (Å²) < 4.78 is 0. The largest absolute Gasteiger partial charge is 0.389 e. The second kappa shape index (κ2) is 4.93. The topological polar surface area (TPSA) is 29.3 Å². The summed E-state index contributed by atoms with van der Waals surface area (Å²) in [5, 5.41) is 0. The lowest BCUT2D eigenvalue weighted by molar-refractivity contribution is 0.260. The van der Waals surface area contributed by atoms with Gasteiger partial charge in [0.1, 0.15) is 4.99 Å². The van der Waals surface area contributed by atoms with Gasteiger partial charge in [-0.1, -0.05) is 36.5 Å². The van der Waals surface area contributed by atoms with E-state index in [1.165, 1.54) is 24.9 Å². The van der Waals surface area contributed by atoms with Crippen molar-refractivity contribution in [3.05, 3.63) is 35.4 Å². The second-order valence-electron chi connectivity index (χ2n) is 4.48. The minimum atomic E-state index is 0.502. The lowest BCUT2D eigenvalue weighted by Crippen LogP contribution is -2.27. The fourth-order valence-corrected chi connectivity index (χ4v) is 2.54. The number of likely N-dealkylation sites (tertiary alicyclic amines) is 1. The monoisotopic (exact) mass is 234 g/mol. The first-order valence-electron chi connectivity index (χ1n) is 5.80. The summed E-state index contributed by atoms with van der Waals surface area (Å²) in [4.78, 5) is 3.00. The molecule has 86 valence electrons. The first-order valence-corrected chi connectivity index (χ1v) is 6.21. The molecular formula is C13H18N2S.